The van der Waals surface area contributed by atoms with Crippen molar-refractivity contribution in [2.45, 2.75) is 30.1 Å². The normalized spacial score (nSPS) is 13.8. The van der Waals surface area contributed by atoms with Crippen molar-refractivity contribution < 1.29 is 4.39 Å². The molecule has 1 atom stereocenters. The number of para-hydroxylation sites is 2. The molecule has 458 valence electrons. The molecule has 4 aliphatic carbocycles. The number of nitriles is 1. The van der Waals surface area contributed by atoms with Gasteiger partial charge >= 0.3 is 0 Å². The molecule has 98 heavy (non-hydrogen) atoms. The van der Waals surface area contributed by atoms with Crippen molar-refractivity contribution in [3.8, 4) is 50.6 Å². The van der Waals surface area contributed by atoms with Crippen LogP contribution in [0.5, 0.6) is 0 Å². The second-order valence-electron chi connectivity index (χ2n) is 27.0. The summed E-state index contributed by atoms with van der Waals surface area (Å²) in [7, 11) is 0. The van der Waals surface area contributed by atoms with Crippen LogP contribution in [0.15, 0.2) is 328 Å². The number of anilines is 6. The topological polar surface area (TPSA) is 30.3 Å². The van der Waals surface area contributed by atoms with E-state index in [9.17, 15) is 5.26 Å². The van der Waals surface area contributed by atoms with Crippen LogP contribution in [0.25, 0.3) is 87.6 Å². The Bertz CT molecular complexity index is 6010. The van der Waals surface area contributed by atoms with Gasteiger partial charge < -0.3 is 9.80 Å². The van der Waals surface area contributed by atoms with Gasteiger partial charge in [-0.2, -0.15) is 5.26 Å². The van der Waals surface area contributed by atoms with Crippen molar-refractivity contribution in [3.63, 3.8) is 0 Å². The minimum atomic E-state index is -0.674. The molecule has 3 nitrogen and oxygen atoms in total. The van der Waals surface area contributed by atoms with Crippen LogP contribution in [0, 0.1) is 17.1 Å². The fraction of sp³-hybridized carbons (Fsp3) is 0.0532. The maximum Gasteiger partial charge on any atom is 0.123 e. The lowest BCUT2D eigenvalue weighted by atomic mass is 9.69. The molecule has 1 unspecified atom stereocenters. The summed E-state index contributed by atoms with van der Waals surface area (Å²) in [5.74, 6) is -0.109. The SMILES string of the molecule is CC(Cc1ccc2c3c(ccc2c1)-c1c(cc(N(c2ccccc2)c2ccccc2C#N)c2ccccc12)C31c2ccccc2-c2ccccc21)c1ccc(N(c2ccc(F)cc2)c2cc3c(c4ccccc24)-c2ccc4ccccc4c2C32c3ccccc3-c3ccccc32)cc1. The molecule has 0 bridgehead atoms. The van der Waals surface area contributed by atoms with E-state index in [1.165, 1.54) is 132 Å². The Morgan fingerprint density at radius 1 is 0.337 bits per heavy atom. The van der Waals surface area contributed by atoms with Gasteiger partial charge in [0.2, 0.25) is 0 Å². The van der Waals surface area contributed by atoms with Crippen molar-refractivity contribution in [2.75, 3.05) is 9.80 Å². The maximum atomic E-state index is 15.2. The van der Waals surface area contributed by atoms with E-state index in [1.54, 1.807) is 12.1 Å². The van der Waals surface area contributed by atoms with Crippen molar-refractivity contribution in [2.24, 2.45) is 0 Å². The maximum absolute atomic E-state index is 15.2. The van der Waals surface area contributed by atoms with Gasteiger partial charge in [0.15, 0.2) is 0 Å². The molecule has 4 heteroatoms. The number of nitrogens with zero attached hydrogens (tertiary/aromatic N) is 3. The molecular formula is C94H60FN3. The lowest BCUT2D eigenvalue weighted by Crippen LogP contribution is -2.26. The Balaban J connectivity index is 0.714. The number of benzene rings is 16. The summed E-state index contributed by atoms with van der Waals surface area (Å²) in [5, 5.41) is 20.2. The van der Waals surface area contributed by atoms with Crippen LogP contribution in [0.4, 0.5) is 38.5 Å². The fourth-order valence-corrected chi connectivity index (χ4v) is 18.3. The van der Waals surface area contributed by atoms with Gasteiger partial charge in [0, 0.05) is 27.8 Å². The quantitative estimate of drug-likeness (QED) is 0.144. The molecule has 4 aliphatic rings. The third-order valence-corrected chi connectivity index (χ3v) is 22.2. The lowest BCUT2D eigenvalue weighted by Gasteiger charge is -2.33. The molecule has 2 spiro atoms. The summed E-state index contributed by atoms with van der Waals surface area (Å²) in [4.78, 5) is 4.65. The van der Waals surface area contributed by atoms with Crippen LogP contribution in [0.2, 0.25) is 0 Å². The second-order valence-corrected chi connectivity index (χ2v) is 27.0. The molecule has 0 amide bonds. The van der Waals surface area contributed by atoms with E-state index in [0.717, 1.165) is 51.3 Å². The molecule has 0 radical (unpaired) electrons. The molecule has 16 aromatic carbocycles. The smallest absolute Gasteiger partial charge is 0.123 e. The van der Waals surface area contributed by atoms with Gasteiger partial charge in [0.25, 0.3) is 0 Å². The van der Waals surface area contributed by atoms with Crippen LogP contribution in [-0.4, -0.2) is 0 Å². The van der Waals surface area contributed by atoms with E-state index < -0.39 is 10.8 Å². The third-order valence-electron chi connectivity index (χ3n) is 22.2. The summed E-state index contributed by atoms with van der Waals surface area (Å²) < 4.78 is 15.2. The van der Waals surface area contributed by atoms with Gasteiger partial charge in [-0.25, -0.2) is 4.39 Å². The molecule has 0 N–H and O–H groups in total. The van der Waals surface area contributed by atoms with Crippen molar-refractivity contribution in [1.29, 1.82) is 5.26 Å². The van der Waals surface area contributed by atoms with E-state index >= 15 is 4.39 Å². The second kappa shape index (κ2) is 21.3. The van der Waals surface area contributed by atoms with Gasteiger partial charge in [0.05, 0.1) is 33.5 Å². The fourth-order valence-electron chi connectivity index (χ4n) is 18.3. The van der Waals surface area contributed by atoms with Crippen LogP contribution in [0.3, 0.4) is 0 Å². The Hall–Kier alpha value is -12.4. The van der Waals surface area contributed by atoms with Crippen molar-refractivity contribution in [3.05, 3.63) is 395 Å². The van der Waals surface area contributed by atoms with E-state index in [-0.39, 0.29) is 11.7 Å². The van der Waals surface area contributed by atoms with Gasteiger partial charge in [-0.1, -0.05) is 262 Å². The Morgan fingerprint density at radius 3 is 1.32 bits per heavy atom. The first-order valence-electron chi connectivity index (χ1n) is 34.0. The summed E-state index contributed by atoms with van der Waals surface area (Å²) in [5.41, 5.74) is 27.8. The van der Waals surface area contributed by atoms with Crippen LogP contribution in [0.1, 0.15) is 74.0 Å². The first-order chi connectivity index (χ1) is 48.4. The first kappa shape index (κ1) is 56.0. The van der Waals surface area contributed by atoms with E-state index in [2.05, 4.69) is 308 Å². The summed E-state index contributed by atoms with van der Waals surface area (Å²) in [6.07, 6.45) is 0.828. The van der Waals surface area contributed by atoms with Crippen LogP contribution < -0.4 is 9.80 Å². The molecule has 0 saturated carbocycles. The van der Waals surface area contributed by atoms with E-state index in [0.29, 0.717) is 5.56 Å². The zero-order valence-corrected chi connectivity index (χ0v) is 53.7. The molecule has 0 heterocycles. The standard InChI is InChI=1S/C94H60FN3/c1-58(60-40-46-66(47-41-60)97(67-48-44-64(95)45-49-67)87-55-84-89(76-32-10-8-30-74(76)87)78-51-42-61-21-5-7-25-68(61)91(78)93(84)80-34-16-12-26-70(80)71-27-13-17-35-81(71)93)53-59-39-50-69-62(54-59)43-52-79-90-77-33-11-9-31-75(77)88(98(65-23-3-2-4-24-65)86-38-20-6-22-63(86)57-96)56-85(90)94(92(69)79)82-36-18-14-28-72(82)73-29-15-19-37-83(73)94/h2-52,54-56,58H,53H2,1H3. The van der Waals surface area contributed by atoms with Gasteiger partial charge in [-0.15, -0.1) is 0 Å². The molecule has 0 fully saturated rings. The zero-order valence-electron chi connectivity index (χ0n) is 53.7. The molecule has 0 aromatic heterocycles. The molecule has 0 aliphatic heterocycles. The van der Waals surface area contributed by atoms with Crippen molar-refractivity contribution in [1.82, 2.24) is 0 Å². The largest absolute Gasteiger partial charge is 0.310 e. The first-order valence-corrected chi connectivity index (χ1v) is 34.0. The van der Waals surface area contributed by atoms with Gasteiger partial charge in [0.1, 0.15) is 11.9 Å². The molecule has 20 rings (SSSR count). The lowest BCUT2D eigenvalue weighted by molar-refractivity contribution is 0.628. The minimum Gasteiger partial charge on any atom is -0.310 e. The van der Waals surface area contributed by atoms with Crippen LogP contribution in [-0.2, 0) is 17.3 Å². The zero-order chi connectivity index (χ0) is 65.0. The predicted molar refractivity (Wildman–Crippen MR) is 402 cm³/mol. The Labute approximate surface area is 568 Å². The molecular weight excluding hydrogens is 1190 g/mol. The highest BCUT2D eigenvalue weighted by molar-refractivity contribution is 6.17. The summed E-state index contributed by atoms with van der Waals surface area (Å²) >= 11 is 0. The number of hydrogen-bond acceptors (Lipinski definition) is 3. The number of halogens is 1. The minimum absolute atomic E-state index is 0.166. The van der Waals surface area contributed by atoms with E-state index in [1.807, 2.05) is 30.3 Å². The average Bonchev–Trinajstić information content (AvgIpc) is 1.50. The molecule has 0 saturated heterocycles. The van der Waals surface area contributed by atoms with E-state index in [4.69, 9.17) is 0 Å². The highest BCUT2D eigenvalue weighted by atomic mass is 19.1. The van der Waals surface area contributed by atoms with Crippen molar-refractivity contribution >= 4 is 77.2 Å². The van der Waals surface area contributed by atoms with Crippen LogP contribution >= 0.6 is 0 Å². The summed E-state index contributed by atoms with van der Waals surface area (Å²) in [6, 6.07) is 122. The highest BCUT2D eigenvalue weighted by Crippen LogP contribution is 2.68. The van der Waals surface area contributed by atoms with Gasteiger partial charge in [-0.3, -0.25) is 0 Å². The highest BCUT2D eigenvalue weighted by Gasteiger charge is 2.55. The Morgan fingerprint density at radius 2 is 0.765 bits per heavy atom. The third kappa shape index (κ3) is 7.67. The monoisotopic (exact) mass is 1250 g/mol. The molecule has 16 aromatic rings. The number of hydrogen-bond donors (Lipinski definition) is 0. The predicted octanol–water partition coefficient (Wildman–Crippen LogP) is 24.3. The summed E-state index contributed by atoms with van der Waals surface area (Å²) in [6.45, 7) is 2.35. The Kier molecular flexibility index (Phi) is 12.2. The number of fused-ring (bicyclic) bond motifs is 28. The van der Waals surface area contributed by atoms with Gasteiger partial charge in [-0.05, 0) is 218 Å². The average molecular weight is 1250 g/mol. The number of rotatable bonds is 9.